The van der Waals surface area contributed by atoms with Gasteiger partial charge in [-0.3, -0.25) is 9.78 Å². The molecule has 1 rings (SSSR count). The fourth-order valence-electron chi connectivity index (χ4n) is 1.12. The minimum atomic E-state index is 0.0559. The first kappa shape index (κ1) is 9.90. The van der Waals surface area contributed by atoms with Gasteiger partial charge in [0.05, 0.1) is 0 Å². The monoisotopic (exact) mass is 177 g/mol. The van der Waals surface area contributed by atoms with Crippen molar-refractivity contribution in [3.05, 3.63) is 30.1 Å². The van der Waals surface area contributed by atoms with Crippen LogP contribution in [0.25, 0.3) is 0 Å². The number of Topliss-reactive ketones (excluding diaryl/α,β-unsaturated/α-hetero) is 1. The van der Waals surface area contributed by atoms with Gasteiger partial charge in [0.1, 0.15) is 0 Å². The van der Waals surface area contributed by atoms with Crippen molar-refractivity contribution in [2.45, 2.75) is 27.2 Å². The van der Waals surface area contributed by atoms with Gasteiger partial charge in [-0.15, -0.1) is 0 Å². The smallest absolute Gasteiger partial charge is 0.163 e. The summed E-state index contributed by atoms with van der Waals surface area (Å²) in [6.07, 6.45) is 3.88. The molecule has 0 saturated carbocycles. The third-order valence-electron chi connectivity index (χ3n) is 1.69. The number of hydrogen-bond acceptors (Lipinski definition) is 2. The van der Waals surface area contributed by atoms with Crippen LogP contribution in [0.5, 0.6) is 0 Å². The lowest BCUT2D eigenvalue weighted by molar-refractivity contribution is 0.0940. The van der Waals surface area contributed by atoms with Gasteiger partial charge in [0.15, 0.2) is 5.78 Å². The predicted octanol–water partition coefficient (Wildman–Crippen LogP) is 2.70. The van der Waals surface area contributed by atoms with Gasteiger partial charge >= 0.3 is 0 Å². The highest BCUT2D eigenvalue weighted by atomic mass is 16.1. The Bertz CT molecular complexity index is 285. The highest BCUT2D eigenvalue weighted by Crippen LogP contribution is 2.20. The molecule has 1 aromatic rings. The van der Waals surface area contributed by atoms with Crippen LogP contribution in [0.3, 0.4) is 0 Å². The molecule has 0 bridgehead atoms. The quantitative estimate of drug-likeness (QED) is 0.650. The zero-order chi connectivity index (χ0) is 9.90. The van der Waals surface area contributed by atoms with Crippen LogP contribution in [-0.4, -0.2) is 10.8 Å². The summed E-state index contributed by atoms with van der Waals surface area (Å²) in [7, 11) is 0. The van der Waals surface area contributed by atoms with Gasteiger partial charge in [0, 0.05) is 24.4 Å². The van der Waals surface area contributed by atoms with Crippen molar-refractivity contribution in [2.75, 3.05) is 0 Å². The second kappa shape index (κ2) is 3.69. The lowest BCUT2D eigenvalue weighted by Gasteiger charge is -2.16. The van der Waals surface area contributed by atoms with Crippen LogP contribution in [0.4, 0.5) is 0 Å². The molecule has 1 heterocycles. The Kier molecular flexibility index (Phi) is 2.81. The first-order chi connectivity index (χ1) is 5.99. The number of nitrogens with zero attached hydrogens (tertiary/aromatic N) is 1. The van der Waals surface area contributed by atoms with Crippen LogP contribution >= 0.6 is 0 Å². The van der Waals surface area contributed by atoms with Crippen molar-refractivity contribution in [3.63, 3.8) is 0 Å². The molecule has 0 spiro atoms. The minimum absolute atomic E-state index is 0.0559. The molecule has 0 saturated heterocycles. The van der Waals surface area contributed by atoms with Gasteiger partial charge < -0.3 is 0 Å². The molecule has 0 aliphatic rings. The van der Waals surface area contributed by atoms with Crippen LogP contribution in [0.1, 0.15) is 37.6 Å². The summed E-state index contributed by atoms with van der Waals surface area (Å²) < 4.78 is 0. The number of rotatable bonds is 2. The Morgan fingerprint density at radius 1 is 1.31 bits per heavy atom. The van der Waals surface area contributed by atoms with Crippen molar-refractivity contribution in [1.29, 1.82) is 0 Å². The summed E-state index contributed by atoms with van der Waals surface area (Å²) in [5.74, 6) is 0.190. The number of carbonyl (C=O) groups excluding carboxylic acids is 1. The van der Waals surface area contributed by atoms with E-state index in [1.54, 1.807) is 24.5 Å². The molecule has 13 heavy (non-hydrogen) atoms. The van der Waals surface area contributed by atoms with Crippen LogP contribution in [0, 0.1) is 5.41 Å². The summed E-state index contributed by atoms with van der Waals surface area (Å²) in [6, 6.07) is 3.52. The van der Waals surface area contributed by atoms with E-state index in [1.807, 2.05) is 0 Å². The first-order valence-electron chi connectivity index (χ1n) is 4.42. The zero-order valence-electron chi connectivity index (χ0n) is 8.37. The summed E-state index contributed by atoms with van der Waals surface area (Å²) >= 11 is 0. The molecule has 2 nitrogen and oxygen atoms in total. The summed E-state index contributed by atoms with van der Waals surface area (Å²) in [5.41, 5.74) is 0.810. The number of aromatic nitrogens is 1. The van der Waals surface area contributed by atoms with Gasteiger partial charge in [0.2, 0.25) is 0 Å². The van der Waals surface area contributed by atoms with Crippen molar-refractivity contribution in [2.24, 2.45) is 5.41 Å². The molecule has 0 unspecified atom stereocenters. The van der Waals surface area contributed by atoms with E-state index in [0.717, 1.165) is 5.56 Å². The van der Waals surface area contributed by atoms with Gasteiger partial charge in [-0.05, 0) is 17.5 Å². The molecule has 1 aromatic heterocycles. The van der Waals surface area contributed by atoms with E-state index in [2.05, 4.69) is 25.8 Å². The molecule has 0 fully saturated rings. The molecule has 0 aliphatic heterocycles. The van der Waals surface area contributed by atoms with E-state index in [9.17, 15) is 4.79 Å². The highest BCUT2D eigenvalue weighted by Gasteiger charge is 2.16. The molecule has 0 atom stereocenters. The number of hydrogen-bond donors (Lipinski definition) is 0. The van der Waals surface area contributed by atoms with E-state index in [0.29, 0.717) is 6.42 Å². The molecular weight excluding hydrogens is 162 g/mol. The third-order valence-corrected chi connectivity index (χ3v) is 1.69. The Labute approximate surface area is 79.0 Å². The maximum absolute atomic E-state index is 11.6. The topological polar surface area (TPSA) is 30.0 Å². The standard InChI is InChI=1S/C11H15NO/c1-11(2,3)8-10(13)9-4-6-12-7-5-9/h4-7H,8H2,1-3H3. The predicted molar refractivity (Wildman–Crippen MR) is 52.6 cm³/mol. The fraction of sp³-hybridized carbons (Fsp3) is 0.455. The van der Waals surface area contributed by atoms with Crippen molar-refractivity contribution >= 4 is 5.78 Å². The number of carbonyl (C=O) groups is 1. The average Bonchev–Trinajstić information content (AvgIpc) is 2.03. The maximum Gasteiger partial charge on any atom is 0.163 e. The zero-order valence-corrected chi connectivity index (χ0v) is 8.37. The molecule has 0 aliphatic carbocycles. The van der Waals surface area contributed by atoms with Crippen LogP contribution in [0.15, 0.2) is 24.5 Å². The normalized spacial score (nSPS) is 11.3. The van der Waals surface area contributed by atoms with E-state index >= 15 is 0 Å². The highest BCUT2D eigenvalue weighted by molar-refractivity contribution is 5.96. The number of ketones is 1. The van der Waals surface area contributed by atoms with E-state index in [1.165, 1.54) is 0 Å². The van der Waals surface area contributed by atoms with Crippen LogP contribution < -0.4 is 0 Å². The van der Waals surface area contributed by atoms with Gasteiger partial charge in [-0.2, -0.15) is 0 Å². The second-order valence-corrected chi connectivity index (χ2v) is 4.40. The molecule has 70 valence electrons. The Balaban J connectivity index is 2.71. The van der Waals surface area contributed by atoms with Crippen molar-refractivity contribution in [1.82, 2.24) is 4.98 Å². The Morgan fingerprint density at radius 2 is 1.85 bits per heavy atom. The molecule has 0 radical (unpaired) electrons. The SMILES string of the molecule is CC(C)(C)CC(=O)c1ccncc1. The second-order valence-electron chi connectivity index (χ2n) is 4.40. The van der Waals surface area contributed by atoms with Crippen LogP contribution in [-0.2, 0) is 0 Å². The third kappa shape index (κ3) is 3.36. The van der Waals surface area contributed by atoms with Gasteiger partial charge in [0.25, 0.3) is 0 Å². The molecule has 0 amide bonds. The molecule has 0 aromatic carbocycles. The van der Waals surface area contributed by atoms with Crippen molar-refractivity contribution < 1.29 is 4.79 Å². The Morgan fingerprint density at radius 3 is 2.31 bits per heavy atom. The van der Waals surface area contributed by atoms with E-state index in [-0.39, 0.29) is 11.2 Å². The maximum atomic E-state index is 11.6. The first-order valence-corrected chi connectivity index (χ1v) is 4.42. The van der Waals surface area contributed by atoms with Gasteiger partial charge in [-0.25, -0.2) is 0 Å². The average molecular weight is 177 g/mol. The van der Waals surface area contributed by atoms with E-state index < -0.39 is 0 Å². The fourth-order valence-corrected chi connectivity index (χ4v) is 1.12. The van der Waals surface area contributed by atoms with Gasteiger partial charge in [-0.1, -0.05) is 20.8 Å². The molecular formula is C11H15NO. The number of pyridine rings is 1. The summed E-state index contributed by atoms with van der Waals surface area (Å²) in [6.45, 7) is 6.18. The minimum Gasteiger partial charge on any atom is -0.294 e. The van der Waals surface area contributed by atoms with Crippen molar-refractivity contribution in [3.8, 4) is 0 Å². The molecule has 2 heteroatoms. The molecule has 0 N–H and O–H groups in total. The largest absolute Gasteiger partial charge is 0.294 e. The summed E-state index contributed by atoms with van der Waals surface area (Å²) in [5, 5.41) is 0. The van der Waals surface area contributed by atoms with Crippen LogP contribution in [0.2, 0.25) is 0 Å². The van der Waals surface area contributed by atoms with E-state index in [4.69, 9.17) is 0 Å². The summed E-state index contributed by atoms with van der Waals surface area (Å²) in [4.78, 5) is 15.5. The Hall–Kier alpha value is -1.18. The lowest BCUT2D eigenvalue weighted by atomic mass is 9.88. The lowest BCUT2D eigenvalue weighted by Crippen LogP contribution is -2.12.